The lowest BCUT2D eigenvalue weighted by molar-refractivity contribution is 0.0682. The topological polar surface area (TPSA) is 97.4 Å². The normalized spacial score (nSPS) is 10.8. The van der Waals surface area contributed by atoms with Gasteiger partial charge in [0.2, 0.25) is 0 Å². The number of carbonyl (C=O) groups excluding carboxylic acids is 3. The van der Waals surface area contributed by atoms with Gasteiger partial charge in [0.1, 0.15) is 17.2 Å². The van der Waals surface area contributed by atoms with Crippen molar-refractivity contribution in [1.82, 2.24) is 0 Å². The van der Waals surface area contributed by atoms with Crippen LogP contribution in [0.4, 0.5) is 0 Å². The van der Waals surface area contributed by atoms with E-state index in [-0.39, 0.29) is 22.8 Å². The molecule has 0 bridgehead atoms. The average molecular weight is 867 g/mol. The van der Waals surface area contributed by atoms with E-state index in [0.29, 0.717) is 35.8 Å². The largest absolute Gasteiger partial charge is 0.494 e. The van der Waals surface area contributed by atoms with Crippen molar-refractivity contribution >= 4 is 17.9 Å². The van der Waals surface area contributed by atoms with Crippen LogP contribution in [0.2, 0.25) is 0 Å². The Bertz CT molecular complexity index is 2130. The summed E-state index contributed by atoms with van der Waals surface area (Å²) in [6, 6.07) is 34.5. The number of rotatable bonds is 30. The van der Waals surface area contributed by atoms with Gasteiger partial charge in [-0.15, -0.1) is 6.58 Å². The van der Waals surface area contributed by atoms with Crippen molar-refractivity contribution in [3.63, 3.8) is 0 Å². The van der Waals surface area contributed by atoms with Crippen LogP contribution in [0.1, 0.15) is 154 Å². The van der Waals surface area contributed by atoms with E-state index in [1.165, 1.54) is 108 Å². The molecule has 5 rings (SSSR count). The quantitative estimate of drug-likeness (QED) is 0.0195. The van der Waals surface area contributed by atoms with Gasteiger partial charge in [0.25, 0.3) is 0 Å². The molecule has 0 saturated carbocycles. The van der Waals surface area contributed by atoms with E-state index in [4.69, 9.17) is 23.7 Å². The molecule has 5 aromatic rings. The van der Waals surface area contributed by atoms with Crippen molar-refractivity contribution < 1.29 is 38.1 Å². The Balaban J connectivity index is 1.10. The van der Waals surface area contributed by atoms with Gasteiger partial charge in [-0.25, -0.2) is 14.4 Å². The van der Waals surface area contributed by atoms with Gasteiger partial charge in [-0.1, -0.05) is 139 Å². The van der Waals surface area contributed by atoms with Crippen LogP contribution in [0.5, 0.6) is 28.7 Å². The zero-order valence-corrected chi connectivity index (χ0v) is 37.7. The lowest BCUT2D eigenvalue weighted by Crippen LogP contribution is -2.13. The first kappa shape index (κ1) is 48.9. The smallest absolute Gasteiger partial charge is 0.343 e. The van der Waals surface area contributed by atoms with Crippen molar-refractivity contribution in [1.29, 1.82) is 0 Å². The van der Waals surface area contributed by atoms with Gasteiger partial charge in [-0.2, -0.15) is 0 Å². The Hall–Kier alpha value is -6.15. The maximum atomic E-state index is 13.5. The fraction of sp³-hybridized carbons (Fsp3) is 0.375. The molecule has 0 spiro atoms. The minimum absolute atomic E-state index is 0.0721. The molecule has 5 aromatic carbocycles. The molecule has 8 heteroatoms. The zero-order chi connectivity index (χ0) is 45.0. The number of unbranched alkanes of at least 4 members (excludes halogenated alkanes) is 16. The fourth-order valence-corrected chi connectivity index (χ4v) is 7.24. The molecule has 0 aromatic heterocycles. The minimum atomic E-state index is -0.682. The Kier molecular flexibility index (Phi) is 21.8. The summed E-state index contributed by atoms with van der Waals surface area (Å²) in [4.78, 5) is 39.8. The van der Waals surface area contributed by atoms with Crippen molar-refractivity contribution in [2.24, 2.45) is 0 Å². The molecule has 64 heavy (non-hydrogen) atoms. The van der Waals surface area contributed by atoms with Crippen molar-refractivity contribution in [2.75, 3.05) is 13.2 Å². The van der Waals surface area contributed by atoms with Crippen molar-refractivity contribution in [3.05, 3.63) is 151 Å². The summed E-state index contributed by atoms with van der Waals surface area (Å²) < 4.78 is 29.1. The van der Waals surface area contributed by atoms with E-state index < -0.39 is 17.9 Å². The van der Waals surface area contributed by atoms with E-state index in [9.17, 15) is 14.4 Å². The average Bonchev–Trinajstić information content (AvgIpc) is 3.32. The number of hydrogen-bond donors (Lipinski definition) is 0. The van der Waals surface area contributed by atoms with Crippen LogP contribution in [0, 0.1) is 0 Å². The number of benzene rings is 5. The first-order valence-electron chi connectivity index (χ1n) is 23.5. The number of esters is 3. The second-order valence-electron chi connectivity index (χ2n) is 16.2. The van der Waals surface area contributed by atoms with Gasteiger partial charge in [0.15, 0.2) is 11.5 Å². The molecule has 8 nitrogen and oxygen atoms in total. The van der Waals surface area contributed by atoms with Gasteiger partial charge in [0.05, 0.1) is 29.9 Å². The Morgan fingerprint density at radius 3 is 1.33 bits per heavy atom. The summed E-state index contributed by atoms with van der Waals surface area (Å²) in [6.07, 6.45) is 24.0. The first-order valence-corrected chi connectivity index (χ1v) is 23.5. The molecule has 0 N–H and O–H groups in total. The molecule has 0 aliphatic rings. The number of carbonyl (C=O) groups is 3. The van der Waals surface area contributed by atoms with E-state index in [2.05, 4.69) is 13.5 Å². The lowest BCUT2D eigenvalue weighted by Gasteiger charge is -2.13. The summed E-state index contributed by atoms with van der Waals surface area (Å²) in [6.45, 7) is 7.28. The van der Waals surface area contributed by atoms with Crippen LogP contribution in [0.15, 0.2) is 134 Å². The molecule has 0 unspecified atom stereocenters. The monoisotopic (exact) mass is 866 g/mol. The predicted molar refractivity (Wildman–Crippen MR) is 256 cm³/mol. The minimum Gasteiger partial charge on any atom is -0.494 e. The molecule has 0 aliphatic carbocycles. The van der Waals surface area contributed by atoms with E-state index in [1.807, 2.05) is 36.4 Å². The molecule has 0 radical (unpaired) electrons. The molecule has 0 aliphatic heterocycles. The second kappa shape index (κ2) is 28.5. The zero-order valence-electron chi connectivity index (χ0n) is 37.7. The maximum absolute atomic E-state index is 13.5. The number of hydrogen-bond acceptors (Lipinski definition) is 8. The van der Waals surface area contributed by atoms with E-state index >= 15 is 0 Å². The number of ether oxygens (including phenoxy) is 5. The molecule has 338 valence electrons. The maximum Gasteiger partial charge on any atom is 0.343 e. The fourth-order valence-electron chi connectivity index (χ4n) is 7.24. The summed E-state index contributed by atoms with van der Waals surface area (Å²) >= 11 is 0. The lowest BCUT2D eigenvalue weighted by atomic mass is 10.1. The van der Waals surface area contributed by atoms with Crippen LogP contribution in [-0.2, 0) is 0 Å². The molecule has 0 fully saturated rings. The van der Waals surface area contributed by atoms with Gasteiger partial charge >= 0.3 is 17.9 Å². The number of allylic oxidation sites excluding steroid dienone is 1. The Labute approximate surface area is 381 Å². The molecular weight excluding hydrogens is 801 g/mol. The third-order valence-electron chi connectivity index (χ3n) is 11.0. The molecule has 0 heterocycles. The van der Waals surface area contributed by atoms with Gasteiger partial charge in [-0.3, -0.25) is 0 Å². The third-order valence-corrected chi connectivity index (χ3v) is 11.0. The Morgan fingerprint density at radius 1 is 0.422 bits per heavy atom. The highest BCUT2D eigenvalue weighted by Crippen LogP contribution is 2.34. The van der Waals surface area contributed by atoms with Gasteiger partial charge < -0.3 is 23.7 Å². The van der Waals surface area contributed by atoms with Crippen LogP contribution >= 0.6 is 0 Å². The molecular formula is C56H66O8. The third kappa shape index (κ3) is 17.5. The van der Waals surface area contributed by atoms with Crippen LogP contribution < -0.4 is 23.7 Å². The highest BCUT2D eigenvalue weighted by molar-refractivity contribution is 5.94. The first-order chi connectivity index (χ1) is 31.4. The highest BCUT2D eigenvalue weighted by Gasteiger charge is 2.19. The predicted octanol–water partition coefficient (Wildman–Crippen LogP) is 15.0. The van der Waals surface area contributed by atoms with Gasteiger partial charge in [-0.05, 0) is 122 Å². The second-order valence-corrected chi connectivity index (χ2v) is 16.2. The Morgan fingerprint density at radius 2 is 0.844 bits per heavy atom. The van der Waals surface area contributed by atoms with Crippen LogP contribution in [-0.4, -0.2) is 31.1 Å². The van der Waals surface area contributed by atoms with E-state index in [0.717, 1.165) is 43.2 Å². The summed E-state index contributed by atoms with van der Waals surface area (Å²) in [5, 5.41) is 0. The molecule has 0 amide bonds. The summed E-state index contributed by atoms with van der Waals surface area (Å²) in [7, 11) is 0. The SMILES string of the molecule is C=CCCCCCCCCCOc1ccc(C(=O)Oc2ccc(-c3ccccc3)cc2OC(=O)c2ccc(OC(=O)c3ccc(OCCCCCCCCCCCC)cc3)cc2)cc1. The van der Waals surface area contributed by atoms with E-state index in [1.54, 1.807) is 66.7 Å². The molecule has 0 atom stereocenters. The van der Waals surface area contributed by atoms with Crippen molar-refractivity contribution in [3.8, 4) is 39.9 Å². The van der Waals surface area contributed by atoms with Crippen molar-refractivity contribution in [2.45, 2.75) is 122 Å². The molecule has 0 saturated heterocycles. The van der Waals surface area contributed by atoms with Crippen LogP contribution in [0.3, 0.4) is 0 Å². The van der Waals surface area contributed by atoms with Gasteiger partial charge in [0, 0.05) is 0 Å². The summed E-state index contributed by atoms with van der Waals surface area (Å²) in [5.74, 6) is -0.0169. The standard InChI is InChI=1S/C56H66O8/c1-3-5-7-9-11-13-15-17-19-24-41-60-49-34-27-45(28-35-49)54(57)62-51-38-31-47(32-39-51)56(59)64-53-43-48(44-25-21-20-22-26-44)33-40-52(53)63-55(58)46-29-36-50(37-30-46)61-42-23-18-16-14-12-10-8-6-4-2/h4,20-22,25-40,43H,2-3,5-19,23-24,41-42H2,1H3. The summed E-state index contributed by atoms with van der Waals surface area (Å²) in [5.41, 5.74) is 2.57. The van der Waals surface area contributed by atoms with Crippen LogP contribution in [0.25, 0.3) is 11.1 Å². The highest BCUT2D eigenvalue weighted by atomic mass is 16.6.